The Bertz CT molecular complexity index is 1430. The van der Waals surface area contributed by atoms with Crippen molar-refractivity contribution < 1.29 is 22.8 Å². The Morgan fingerprint density at radius 3 is 2.67 bits per heavy atom. The number of nitriles is 1. The second kappa shape index (κ2) is 12.9. The fraction of sp³-hybridized carbons (Fsp3) is 0.458. The molecule has 1 aliphatic heterocycles. The molecule has 1 unspecified atom stereocenters. The molecular weight excluding hydrogens is 537 g/mol. The molecule has 0 aromatic carbocycles. The van der Waals surface area contributed by atoms with Gasteiger partial charge in [-0.1, -0.05) is 6.07 Å². The highest BCUT2D eigenvalue weighted by atomic mass is 32.1. The second-order valence-electron chi connectivity index (χ2n) is 8.97. The van der Waals surface area contributed by atoms with Crippen molar-refractivity contribution in [3.8, 4) is 6.07 Å². The Kier molecular flexibility index (Phi) is 9.84. The monoisotopic (exact) mass is 566 g/mol. The molecule has 11 nitrogen and oxygen atoms in total. The number of rotatable bonds is 9. The highest BCUT2D eigenvalue weighted by molar-refractivity contribution is 7.07. The van der Waals surface area contributed by atoms with E-state index in [0.717, 1.165) is 35.4 Å². The first-order chi connectivity index (χ1) is 18.4. The first-order valence-electron chi connectivity index (χ1n) is 12.0. The van der Waals surface area contributed by atoms with E-state index in [9.17, 15) is 32.8 Å². The van der Waals surface area contributed by atoms with Gasteiger partial charge in [0.1, 0.15) is 33.4 Å². The number of nitrogens with one attached hydrogen (secondary N) is 3. The van der Waals surface area contributed by atoms with E-state index in [1.54, 1.807) is 36.5 Å². The van der Waals surface area contributed by atoms with Crippen LogP contribution in [0.15, 0.2) is 23.0 Å². The van der Waals surface area contributed by atoms with E-state index in [4.69, 9.17) is 0 Å². The molecule has 39 heavy (non-hydrogen) atoms. The first kappa shape index (κ1) is 29.8. The number of hydrogen-bond acceptors (Lipinski definition) is 9. The molecule has 0 radical (unpaired) electrons. The summed E-state index contributed by atoms with van der Waals surface area (Å²) < 4.78 is 38.6. The number of likely N-dealkylation sites (tertiary alicyclic amines) is 1. The van der Waals surface area contributed by atoms with Crippen molar-refractivity contribution in [2.24, 2.45) is 0 Å². The molecule has 0 bridgehead atoms. The van der Waals surface area contributed by atoms with Crippen LogP contribution in [0.3, 0.4) is 0 Å². The van der Waals surface area contributed by atoms with Gasteiger partial charge in [0.2, 0.25) is 5.91 Å². The molecule has 0 saturated carbocycles. The van der Waals surface area contributed by atoms with Crippen LogP contribution < -0.4 is 30.7 Å². The number of carbonyl (C=O) groups is 2. The molecule has 2 amide bonds. The molecule has 1 saturated heterocycles. The largest absolute Gasteiger partial charge is 0.405 e. The number of aromatic nitrogens is 2. The van der Waals surface area contributed by atoms with Gasteiger partial charge >= 0.3 is 6.18 Å². The summed E-state index contributed by atoms with van der Waals surface area (Å²) in [4.78, 5) is 46.1. The number of pyridine rings is 1. The average Bonchev–Trinajstić information content (AvgIpc) is 3.44. The number of nitrogens with zero attached hydrogens (tertiary/aromatic N) is 5. The van der Waals surface area contributed by atoms with Crippen molar-refractivity contribution in [3.05, 3.63) is 37.7 Å². The maximum atomic E-state index is 12.8. The summed E-state index contributed by atoms with van der Waals surface area (Å²) in [6, 6.07) is 6.78. The molecule has 15 heteroatoms. The van der Waals surface area contributed by atoms with Crippen LogP contribution in [-0.4, -0.2) is 83.7 Å². The molecule has 1 aliphatic rings. The third-order valence-corrected chi connectivity index (χ3v) is 7.11. The molecule has 210 valence electrons. The smallest absolute Gasteiger partial charge is 0.345 e. The quantitative estimate of drug-likeness (QED) is 0.389. The van der Waals surface area contributed by atoms with Gasteiger partial charge in [-0.2, -0.15) is 18.4 Å². The Morgan fingerprint density at radius 2 is 2.05 bits per heavy atom. The predicted octanol–water partition coefficient (Wildman–Crippen LogP) is 0.102. The Hall–Kier alpha value is -3.74. The topological polar surface area (TPSA) is 135 Å². The minimum absolute atomic E-state index is 0.0655. The van der Waals surface area contributed by atoms with Gasteiger partial charge < -0.3 is 20.9 Å². The molecule has 2 aromatic heterocycles. The van der Waals surface area contributed by atoms with Crippen LogP contribution in [0.25, 0.3) is 11.8 Å². The third kappa shape index (κ3) is 8.12. The summed E-state index contributed by atoms with van der Waals surface area (Å²) in [5.74, 6) is -0.843. The fourth-order valence-corrected chi connectivity index (χ4v) is 5.08. The number of hydrogen-bond donors (Lipinski definition) is 3. The fourth-order valence-electron chi connectivity index (χ4n) is 3.99. The Balaban J connectivity index is 1.77. The van der Waals surface area contributed by atoms with Crippen molar-refractivity contribution in [2.75, 3.05) is 50.9 Å². The number of carbonyl (C=O) groups excluding carboxylic acids is 2. The number of thiazole rings is 1. The summed E-state index contributed by atoms with van der Waals surface area (Å²) in [5, 5.41) is 16.7. The zero-order chi connectivity index (χ0) is 28.7. The van der Waals surface area contributed by atoms with E-state index in [-0.39, 0.29) is 28.2 Å². The minimum atomic E-state index is -4.65. The highest BCUT2D eigenvalue weighted by Gasteiger charge is 2.29. The van der Waals surface area contributed by atoms with Crippen LogP contribution in [0.4, 0.5) is 24.8 Å². The van der Waals surface area contributed by atoms with Crippen LogP contribution in [0.2, 0.25) is 0 Å². The summed E-state index contributed by atoms with van der Waals surface area (Å²) in [6.07, 6.45) is -2.34. The lowest BCUT2D eigenvalue weighted by Crippen LogP contribution is -2.39. The molecular formula is C24H29F3N8O3S. The maximum Gasteiger partial charge on any atom is 0.405 e. The van der Waals surface area contributed by atoms with Crippen LogP contribution in [0, 0.1) is 11.3 Å². The SMILES string of the molecule is CCn1c(=C(C#N)C(=O)NCC(F)(F)F)sc(=CNc2cccc(NC(=O)CN(C)C3CCN(C)C3)n2)c1=O. The van der Waals surface area contributed by atoms with Gasteiger partial charge in [0.25, 0.3) is 11.5 Å². The third-order valence-electron chi connectivity index (χ3n) is 5.98. The van der Waals surface area contributed by atoms with E-state index in [1.165, 1.54) is 6.20 Å². The predicted molar refractivity (Wildman–Crippen MR) is 141 cm³/mol. The summed E-state index contributed by atoms with van der Waals surface area (Å²) in [7, 11) is 3.94. The number of likely N-dealkylation sites (N-methyl/N-ethyl adjacent to an activating group) is 2. The van der Waals surface area contributed by atoms with Gasteiger partial charge in [-0.3, -0.25) is 23.9 Å². The van der Waals surface area contributed by atoms with E-state index in [1.807, 2.05) is 19.0 Å². The van der Waals surface area contributed by atoms with E-state index in [0.29, 0.717) is 17.7 Å². The lowest BCUT2D eigenvalue weighted by Gasteiger charge is -2.23. The molecule has 1 fully saturated rings. The van der Waals surface area contributed by atoms with Gasteiger partial charge in [0.05, 0.1) is 6.54 Å². The van der Waals surface area contributed by atoms with E-state index < -0.39 is 29.8 Å². The molecule has 0 aliphatic carbocycles. The molecule has 3 heterocycles. The molecule has 1 atom stereocenters. The summed E-state index contributed by atoms with van der Waals surface area (Å²) in [6.45, 7) is 2.17. The molecule has 3 N–H and O–H groups in total. The van der Waals surface area contributed by atoms with Crippen LogP contribution in [-0.2, 0) is 16.1 Å². The maximum absolute atomic E-state index is 12.8. The standard InChI is InChI=1S/C24H29F3N8O3S/c1-4-35-22(38)17(39-23(35)16(10-28)21(37)30-14-24(25,26)27)11-29-18-6-5-7-19(31-18)32-20(36)13-34(3)15-8-9-33(2)12-15/h5-7,11,15H,4,8-9,12-14H2,1-3H3,(H,30,37)(H2,29,31,32,36). The molecule has 3 rings (SSSR count). The number of halogens is 3. The van der Waals surface area contributed by atoms with Crippen molar-refractivity contribution in [1.29, 1.82) is 5.26 Å². The van der Waals surface area contributed by atoms with Crippen LogP contribution in [0.1, 0.15) is 13.3 Å². The van der Waals surface area contributed by atoms with Crippen molar-refractivity contribution in [2.45, 2.75) is 32.1 Å². The highest BCUT2D eigenvalue weighted by Crippen LogP contribution is 2.14. The number of amides is 2. The van der Waals surface area contributed by atoms with Crippen molar-refractivity contribution >= 4 is 46.6 Å². The lowest BCUT2D eigenvalue weighted by atomic mass is 10.2. The first-order valence-corrected chi connectivity index (χ1v) is 12.8. The van der Waals surface area contributed by atoms with Gasteiger partial charge in [-0.05, 0) is 46.1 Å². The van der Waals surface area contributed by atoms with Gasteiger partial charge in [0.15, 0.2) is 5.57 Å². The normalized spacial score (nSPS) is 17.2. The summed E-state index contributed by atoms with van der Waals surface area (Å²) >= 11 is 0.782. The van der Waals surface area contributed by atoms with Gasteiger partial charge in [-0.15, -0.1) is 11.3 Å². The van der Waals surface area contributed by atoms with E-state index in [2.05, 4.69) is 20.5 Å². The number of anilines is 2. The second-order valence-corrected chi connectivity index (χ2v) is 10.0. The van der Waals surface area contributed by atoms with Crippen LogP contribution in [0.5, 0.6) is 0 Å². The zero-order valence-corrected chi connectivity index (χ0v) is 22.4. The Morgan fingerprint density at radius 1 is 1.33 bits per heavy atom. The van der Waals surface area contributed by atoms with Gasteiger partial charge in [0, 0.05) is 25.3 Å². The summed E-state index contributed by atoms with van der Waals surface area (Å²) in [5.41, 5.74) is -1.13. The van der Waals surface area contributed by atoms with Crippen molar-refractivity contribution in [1.82, 2.24) is 24.7 Å². The number of alkyl halides is 3. The minimum Gasteiger partial charge on any atom is -0.345 e. The molecule has 2 aromatic rings. The molecule has 0 spiro atoms. The lowest BCUT2D eigenvalue weighted by molar-refractivity contribution is -0.135. The van der Waals surface area contributed by atoms with Crippen LogP contribution >= 0.6 is 11.3 Å². The van der Waals surface area contributed by atoms with Gasteiger partial charge in [-0.25, -0.2) is 4.98 Å². The average molecular weight is 567 g/mol. The Labute approximate surface area is 226 Å². The zero-order valence-electron chi connectivity index (χ0n) is 21.6. The van der Waals surface area contributed by atoms with Crippen molar-refractivity contribution in [3.63, 3.8) is 0 Å². The van der Waals surface area contributed by atoms with E-state index >= 15 is 0 Å².